The van der Waals surface area contributed by atoms with Gasteiger partial charge in [-0.05, 0) is 6.42 Å². The predicted octanol–water partition coefficient (Wildman–Crippen LogP) is 1.76. The first-order valence-corrected chi connectivity index (χ1v) is 5.27. The molecule has 0 spiro atoms. The summed E-state index contributed by atoms with van der Waals surface area (Å²) in [4.78, 5) is 0. The molecule has 1 N–H and O–H groups in total. The normalized spacial score (nSPS) is 12.7. The number of hydrogen-bond acceptors (Lipinski definition) is 3. The molecule has 0 fully saturated rings. The molecule has 0 heterocycles. The molecule has 0 rings (SSSR count). The zero-order chi connectivity index (χ0) is 10.6. The SMILES string of the molecule is C=CC(CCCC)OCCOCCO. The fraction of sp³-hybridized carbons (Fsp3) is 0.818. The average Bonchev–Trinajstić information content (AvgIpc) is 2.22. The van der Waals surface area contributed by atoms with Crippen molar-refractivity contribution in [3.05, 3.63) is 12.7 Å². The van der Waals surface area contributed by atoms with Crippen LogP contribution in [-0.4, -0.2) is 37.6 Å². The minimum absolute atomic E-state index is 0.0702. The van der Waals surface area contributed by atoms with Gasteiger partial charge in [-0.2, -0.15) is 0 Å². The van der Waals surface area contributed by atoms with Crippen molar-refractivity contribution in [2.24, 2.45) is 0 Å². The van der Waals surface area contributed by atoms with E-state index in [1.54, 1.807) is 0 Å². The number of ether oxygens (including phenoxy) is 2. The van der Waals surface area contributed by atoms with Gasteiger partial charge in [-0.25, -0.2) is 0 Å². The standard InChI is InChI=1S/C11H22O3/c1-3-5-6-11(4-2)14-10-9-13-8-7-12/h4,11-12H,2-3,5-10H2,1H3. The molecule has 3 heteroatoms. The molecule has 84 valence electrons. The van der Waals surface area contributed by atoms with Crippen molar-refractivity contribution in [3.8, 4) is 0 Å². The molecule has 14 heavy (non-hydrogen) atoms. The van der Waals surface area contributed by atoms with Crippen molar-refractivity contribution in [3.63, 3.8) is 0 Å². The molecule has 0 saturated heterocycles. The molecule has 0 aromatic heterocycles. The Labute approximate surface area is 86.7 Å². The fourth-order valence-electron chi connectivity index (χ4n) is 1.10. The van der Waals surface area contributed by atoms with E-state index in [1.807, 2.05) is 6.08 Å². The highest BCUT2D eigenvalue weighted by molar-refractivity contribution is 4.79. The van der Waals surface area contributed by atoms with Crippen LogP contribution in [-0.2, 0) is 9.47 Å². The highest BCUT2D eigenvalue weighted by Gasteiger charge is 2.02. The Kier molecular flexibility index (Phi) is 10.4. The number of hydrogen-bond donors (Lipinski definition) is 1. The van der Waals surface area contributed by atoms with E-state index in [1.165, 1.54) is 6.42 Å². The molecule has 3 nitrogen and oxygen atoms in total. The lowest BCUT2D eigenvalue weighted by atomic mass is 10.1. The van der Waals surface area contributed by atoms with E-state index >= 15 is 0 Å². The molecule has 0 bridgehead atoms. The maximum atomic E-state index is 8.46. The Morgan fingerprint density at radius 3 is 2.71 bits per heavy atom. The van der Waals surface area contributed by atoms with Gasteiger partial charge < -0.3 is 14.6 Å². The van der Waals surface area contributed by atoms with Gasteiger partial charge in [0.05, 0.1) is 32.5 Å². The largest absolute Gasteiger partial charge is 0.394 e. The van der Waals surface area contributed by atoms with Crippen LogP contribution in [0.15, 0.2) is 12.7 Å². The first-order valence-electron chi connectivity index (χ1n) is 5.27. The summed E-state index contributed by atoms with van der Waals surface area (Å²) in [5.41, 5.74) is 0. The summed E-state index contributed by atoms with van der Waals surface area (Å²) >= 11 is 0. The zero-order valence-electron chi connectivity index (χ0n) is 9.08. The molecule has 0 amide bonds. The Morgan fingerprint density at radius 2 is 2.14 bits per heavy atom. The molecule has 0 aromatic carbocycles. The molecular formula is C11H22O3. The van der Waals surface area contributed by atoms with Gasteiger partial charge in [0.25, 0.3) is 0 Å². The van der Waals surface area contributed by atoms with Crippen LogP contribution in [0.4, 0.5) is 0 Å². The van der Waals surface area contributed by atoms with E-state index in [0.717, 1.165) is 12.8 Å². The zero-order valence-corrected chi connectivity index (χ0v) is 9.08. The topological polar surface area (TPSA) is 38.7 Å². The first-order chi connectivity index (χ1) is 6.85. The van der Waals surface area contributed by atoms with Crippen LogP contribution in [0.5, 0.6) is 0 Å². The van der Waals surface area contributed by atoms with Crippen molar-refractivity contribution in [2.45, 2.75) is 32.3 Å². The summed E-state index contributed by atoms with van der Waals surface area (Å²) in [6.07, 6.45) is 5.35. The summed E-state index contributed by atoms with van der Waals surface area (Å²) in [7, 11) is 0. The second-order valence-corrected chi connectivity index (χ2v) is 3.12. The molecule has 0 aliphatic rings. The van der Waals surface area contributed by atoms with E-state index in [9.17, 15) is 0 Å². The lowest BCUT2D eigenvalue weighted by Crippen LogP contribution is -2.14. The Morgan fingerprint density at radius 1 is 1.36 bits per heavy atom. The third kappa shape index (κ3) is 8.23. The summed E-state index contributed by atoms with van der Waals surface area (Å²) in [5, 5.41) is 8.46. The van der Waals surface area contributed by atoms with Gasteiger partial charge in [-0.1, -0.05) is 25.8 Å². The molecule has 0 saturated carbocycles. The van der Waals surface area contributed by atoms with Crippen LogP contribution in [0.1, 0.15) is 26.2 Å². The second kappa shape index (κ2) is 10.7. The van der Waals surface area contributed by atoms with E-state index in [-0.39, 0.29) is 12.7 Å². The third-order valence-electron chi connectivity index (χ3n) is 1.90. The molecule has 1 atom stereocenters. The Hall–Kier alpha value is -0.380. The smallest absolute Gasteiger partial charge is 0.0754 e. The monoisotopic (exact) mass is 202 g/mol. The maximum absolute atomic E-state index is 8.46. The lowest BCUT2D eigenvalue weighted by Gasteiger charge is -2.13. The summed E-state index contributed by atoms with van der Waals surface area (Å²) in [5.74, 6) is 0. The molecular weight excluding hydrogens is 180 g/mol. The highest BCUT2D eigenvalue weighted by Crippen LogP contribution is 2.05. The number of aliphatic hydroxyl groups excluding tert-OH is 1. The summed E-state index contributed by atoms with van der Waals surface area (Å²) in [6, 6.07) is 0. The van der Waals surface area contributed by atoms with Gasteiger partial charge in [0.1, 0.15) is 0 Å². The molecule has 0 aromatic rings. The minimum atomic E-state index is 0.0702. The minimum Gasteiger partial charge on any atom is -0.394 e. The van der Waals surface area contributed by atoms with Gasteiger partial charge in [0.2, 0.25) is 0 Å². The number of aliphatic hydroxyl groups is 1. The summed E-state index contributed by atoms with van der Waals surface area (Å²) < 4.78 is 10.6. The fourth-order valence-corrected chi connectivity index (χ4v) is 1.10. The molecule has 0 radical (unpaired) electrons. The Balaban J connectivity index is 3.28. The Bertz CT molecular complexity index is 126. The van der Waals surface area contributed by atoms with Crippen molar-refractivity contribution in [2.75, 3.05) is 26.4 Å². The average molecular weight is 202 g/mol. The molecule has 1 unspecified atom stereocenters. The second-order valence-electron chi connectivity index (χ2n) is 3.12. The number of rotatable bonds is 10. The quantitative estimate of drug-likeness (QED) is 0.433. The van der Waals surface area contributed by atoms with Crippen LogP contribution in [0.3, 0.4) is 0 Å². The number of unbranched alkanes of at least 4 members (excludes halogenated alkanes) is 1. The van der Waals surface area contributed by atoms with Crippen molar-refractivity contribution in [1.82, 2.24) is 0 Å². The van der Waals surface area contributed by atoms with Gasteiger partial charge in [0.15, 0.2) is 0 Å². The predicted molar refractivity (Wildman–Crippen MR) is 57.4 cm³/mol. The van der Waals surface area contributed by atoms with E-state index in [0.29, 0.717) is 19.8 Å². The van der Waals surface area contributed by atoms with E-state index < -0.39 is 0 Å². The van der Waals surface area contributed by atoms with E-state index in [4.69, 9.17) is 14.6 Å². The van der Waals surface area contributed by atoms with Gasteiger partial charge >= 0.3 is 0 Å². The van der Waals surface area contributed by atoms with E-state index in [2.05, 4.69) is 13.5 Å². The van der Waals surface area contributed by atoms with Gasteiger partial charge in [-0.15, -0.1) is 6.58 Å². The van der Waals surface area contributed by atoms with Crippen LogP contribution in [0, 0.1) is 0 Å². The summed E-state index contributed by atoms with van der Waals surface area (Å²) in [6.45, 7) is 7.45. The van der Waals surface area contributed by atoms with Crippen LogP contribution in [0.2, 0.25) is 0 Å². The lowest BCUT2D eigenvalue weighted by molar-refractivity contribution is 0.0107. The third-order valence-corrected chi connectivity index (χ3v) is 1.90. The maximum Gasteiger partial charge on any atom is 0.0754 e. The van der Waals surface area contributed by atoms with Crippen molar-refractivity contribution >= 4 is 0 Å². The molecule has 0 aliphatic carbocycles. The van der Waals surface area contributed by atoms with Gasteiger partial charge in [0, 0.05) is 0 Å². The van der Waals surface area contributed by atoms with Crippen LogP contribution >= 0.6 is 0 Å². The molecule has 0 aliphatic heterocycles. The van der Waals surface area contributed by atoms with Crippen molar-refractivity contribution < 1.29 is 14.6 Å². The first kappa shape index (κ1) is 13.6. The van der Waals surface area contributed by atoms with Gasteiger partial charge in [-0.3, -0.25) is 0 Å². The highest BCUT2D eigenvalue weighted by atomic mass is 16.5. The van der Waals surface area contributed by atoms with Crippen LogP contribution in [0.25, 0.3) is 0 Å². The van der Waals surface area contributed by atoms with Crippen LogP contribution < -0.4 is 0 Å². The van der Waals surface area contributed by atoms with Crippen molar-refractivity contribution in [1.29, 1.82) is 0 Å².